The Bertz CT molecular complexity index is 694. The molecular weight excluding hydrogens is 380 g/mol. The van der Waals surface area contributed by atoms with Gasteiger partial charge in [-0.25, -0.2) is 0 Å². The molecule has 1 aromatic heterocycles. The summed E-state index contributed by atoms with van der Waals surface area (Å²) in [7, 11) is 1.95. The molecule has 3 heterocycles. The largest absolute Gasteiger partial charge is 0.379 e. The van der Waals surface area contributed by atoms with Crippen molar-refractivity contribution in [2.24, 2.45) is 12.0 Å². The van der Waals surface area contributed by atoms with Crippen molar-refractivity contribution in [1.29, 1.82) is 0 Å². The van der Waals surface area contributed by atoms with Crippen LogP contribution < -0.4 is 5.32 Å². The number of nitrogens with zero attached hydrogens (tertiary/aromatic N) is 5. The molecule has 1 unspecified atom stereocenters. The first kappa shape index (κ1) is 21.6. The second-order valence-corrected chi connectivity index (χ2v) is 8.81. The number of hydrogen-bond acceptors (Lipinski definition) is 5. The molecular formula is C22H38N6O2. The first-order valence-corrected chi connectivity index (χ1v) is 11.7. The van der Waals surface area contributed by atoms with E-state index in [1.807, 2.05) is 24.1 Å². The van der Waals surface area contributed by atoms with Crippen LogP contribution in [-0.2, 0) is 16.5 Å². The van der Waals surface area contributed by atoms with Crippen LogP contribution in [0, 0.1) is 0 Å². The maximum atomic E-state index is 6.05. The van der Waals surface area contributed by atoms with E-state index in [4.69, 9.17) is 14.5 Å². The molecule has 0 radical (unpaired) electrons. The predicted molar refractivity (Wildman–Crippen MR) is 118 cm³/mol. The van der Waals surface area contributed by atoms with Crippen LogP contribution >= 0.6 is 0 Å². The number of nitrogens with one attached hydrogen (secondary N) is 1. The predicted octanol–water partition coefficient (Wildman–Crippen LogP) is 1.79. The van der Waals surface area contributed by atoms with Gasteiger partial charge in [-0.3, -0.25) is 14.6 Å². The number of aromatic nitrogens is 2. The molecule has 8 nitrogen and oxygen atoms in total. The fourth-order valence-corrected chi connectivity index (χ4v) is 5.12. The van der Waals surface area contributed by atoms with Crippen LogP contribution in [0.5, 0.6) is 0 Å². The van der Waals surface area contributed by atoms with Crippen molar-refractivity contribution in [2.45, 2.75) is 50.7 Å². The molecule has 0 amide bonds. The van der Waals surface area contributed by atoms with E-state index >= 15 is 0 Å². The fraction of sp³-hybridized carbons (Fsp3) is 0.818. The van der Waals surface area contributed by atoms with E-state index in [0.29, 0.717) is 6.61 Å². The van der Waals surface area contributed by atoms with E-state index in [-0.39, 0.29) is 11.6 Å². The highest BCUT2D eigenvalue weighted by atomic mass is 16.5. The van der Waals surface area contributed by atoms with Crippen LogP contribution in [0.15, 0.2) is 17.4 Å². The summed E-state index contributed by atoms with van der Waals surface area (Å²) in [6.45, 7) is 10.0. The third-order valence-corrected chi connectivity index (χ3v) is 6.79. The fourth-order valence-electron chi connectivity index (χ4n) is 5.12. The molecule has 4 rings (SSSR count). The molecule has 0 spiro atoms. The Hall–Kier alpha value is -1.64. The van der Waals surface area contributed by atoms with E-state index < -0.39 is 0 Å². The lowest BCUT2D eigenvalue weighted by Gasteiger charge is -2.47. The van der Waals surface area contributed by atoms with Gasteiger partial charge in [0, 0.05) is 50.5 Å². The second-order valence-electron chi connectivity index (χ2n) is 8.81. The van der Waals surface area contributed by atoms with Gasteiger partial charge in [0.2, 0.25) is 0 Å². The average Bonchev–Trinajstić information content (AvgIpc) is 3.24. The van der Waals surface area contributed by atoms with Gasteiger partial charge in [0.05, 0.1) is 39.1 Å². The maximum absolute atomic E-state index is 6.05. The van der Waals surface area contributed by atoms with Crippen LogP contribution in [0.3, 0.4) is 0 Å². The Morgan fingerprint density at radius 2 is 2.00 bits per heavy atom. The van der Waals surface area contributed by atoms with Crippen molar-refractivity contribution in [3.05, 3.63) is 18.0 Å². The minimum Gasteiger partial charge on any atom is -0.379 e. The molecule has 1 aromatic rings. The molecule has 30 heavy (non-hydrogen) atoms. The standard InChI is InChI=1S/C22H38N6O2/c1-3-23-21(27-9-14-30-20(17-27)19-15-25-26(2)16-19)24-18-22(7-5-4-6-8-22)28-10-12-29-13-11-28/h15-16,20H,3-14,17-18H2,1-2H3,(H,23,24). The molecule has 0 aromatic carbocycles. The molecule has 3 aliphatic rings. The Morgan fingerprint density at radius 1 is 1.20 bits per heavy atom. The van der Waals surface area contributed by atoms with Crippen molar-refractivity contribution in [3.8, 4) is 0 Å². The molecule has 168 valence electrons. The molecule has 1 N–H and O–H groups in total. The number of morpholine rings is 2. The molecule has 1 saturated carbocycles. The molecule has 8 heteroatoms. The van der Waals surface area contributed by atoms with Gasteiger partial charge in [-0.15, -0.1) is 0 Å². The second kappa shape index (κ2) is 10.1. The minimum absolute atomic E-state index is 0.0409. The van der Waals surface area contributed by atoms with E-state index in [1.165, 1.54) is 32.1 Å². The van der Waals surface area contributed by atoms with Crippen molar-refractivity contribution in [2.75, 3.05) is 59.1 Å². The number of guanidine groups is 1. The van der Waals surface area contributed by atoms with Crippen molar-refractivity contribution >= 4 is 5.96 Å². The Labute approximate surface area is 180 Å². The van der Waals surface area contributed by atoms with Crippen LogP contribution in [-0.4, -0.2) is 90.2 Å². The molecule has 1 aliphatic carbocycles. The lowest BCUT2D eigenvalue weighted by molar-refractivity contribution is -0.0337. The molecule has 2 saturated heterocycles. The summed E-state index contributed by atoms with van der Waals surface area (Å²) in [4.78, 5) is 10.2. The van der Waals surface area contributed by atoms with Crippen molar-refractivity contribution < 1.29 is 9.47 Å². The van der Waals surface area contributed by atoms with Gasteiger partial charge < -0.3 is 19.7 Å². The van der Waals surface area contributed by atoms with Gasteiger partial charge in [-0.2, -0.15) is 5.10 Å². The van der Waals surface area contributed by atoms with Crippen molar-refractivity contribution in [3.63, 3.8) is 0 Å². The zero-order valence-corrected chi connectivity index (χ0v) is 18.7. The monoisotopic (exact) mass is 418 g/mol. The Morgan fingerprint density at radius 3 is 2.70 bits per heavy atom. The number of aryl methyl sites for hydroxylation is 1. The Kier molecular flexibility index (Phi) is 7.28. The Balaban J connectivity index is 1.49. The summed E-state index contributed by atoms with van der Waals surface area (Å²) in [5.41, 5.74) is 1.33. The summed E-state index contributed by atoms with van der Waals surface area (Å²) in [5, 5.41) is 7.86. The summed E-state index contributed by atoms with van der Waals surface area (Å²) < 4.78 is 13.5. The number of rotatable bonds is 5. The van der Waals surface area contributed by atoms with E-state index in [9.17, 15) is 0 Å². The van der Waals surface area contributed by atoms with E-state index in [0.717, 1.165) is 64.0 Å². The maximum Gasteiger partial charge on any atom is 0.194 e. The molecule has 1 atom stereocenters. The quantitative estimate of drug-likeness (QED) is 0.581. The topological polar surface area (TPSA) is 67.2 Å². The highest BCUT2D eigenvalue weighted by Gasteiger charge is 2.39. The van der Waals surface area contributed by atoms with Crippen molar-refractivity contribution in [1.82, 2.24) is 24.9 Å². The van der Waals surface area contributed by atoms with Gasteiger partial charge in [0.1, 0.15) is 6.10 Å². The number of hydrogen-bond donors (Lipinski definition) is 1. The first-order chi connectivity index (χ1) is 14.7. The van der Waals surface area contributed by atoms with Crippen LogP contribution in [0.1, 0.15) is 50.7 Å². The van der Waals surface area contributed by atoms with Gasteiger partial charge in [0.15, 0.2) is 5.96 Å². The summed E-state index contributed by atoms with van der Waals surface area (Å²) in [6.07, 6.45) is 10.5. The minimum atomic E-state index is 0.0409. The van der Waals surface area contributed by atoms with Crippen LogP contribution in [0.2, 0.25) is 0 Å². The van der Waals surface area contributed by atoms with Gasteiger partial charge >= 0.3 is 0 Å². The zero-order valence-electron chi connectivity index (χ0n) is 18.7. The lowest BCUT2D eigenvalue weighted by Crippen LogP contribution is -2.57. The van der Waals surface area contributed by atoms with E-state index in [2.05, 4.69) is 27.1 Å². The van der Waals surface area contributed by atoms with Crippen LogP contribution in [0.25, 0.3) is 0 Å². The van der Waals surface area contributed by atoms with Gasteiger partial charge in [-0.05, 0) is 19.8 Å². The summed E-state index contributed by atoms with van der Waals surface area (Å²) in [6, 6.07) is 0. The summed E-state index contributed by atoms with van der Waals surface area (Å²) >= 11 is 0. The highest BCUT2D eigenvalue weighted by Crippen LogP contribution is 2.35. The van der Waals surface area contributed by atoms with Crippen LogP contribution in [0.4, 0.5) is 0 Å². The third-order valence-electron chi connectivity index (χ3n) is 6.79. The van der Waals surface area contributed by atoms with E-state index in [1.54, 1.807) is 0 Å². The zero-order chi connectivity index (χ0) is 20.8. The smallest absolute Gasteiger partial charge is 0.194 e. The number of ether oxygens (including phenoxy) is 2. The third kappa shape index (κ3) is 4.98. The average molecular weight is 419 g/mol. The molecule has 3 fully saturated rings. The first-order valence-electron chi connectivity index (χ1n) is 11.7. The normalized spacial score (nSPS) is 26.0. The number of aliphatic imine (C=N–C) groups is 1. The SMILES string of the molecule is CCNC(=NCC1(N2CCOCC2)CCCCC1)N1CCOC(c2cnn(C)c2)C1. The molecule has 0 bridgehead atoms. The molecule has 2 aliphatic heterocycles. The summed E-state index contributed by atoms with van der Waals surface area (Å²) in [5.74, 6) is 1.02. The van der Waals surface area contributed by atoms with Gasteiger partial charge in [0.25, 0.3) is 0 Å². The van der Waals surface area contributed by atoms with Gasteiger partial charge in [-0.1, -0.05) is 19.3 Å². The highest BCUT2D eigenvalue weighted by molar-refractivity contribution is 5.80. The lowest BCUT2D eigenvalue weighted by atomic mass is 9.80.